The van der Waals surface area contributed by atoms with Crippen LogP contribution in [0.15, 0.2) is 120 Å². The summed E-state index contributed by atoms with van der Waals surface area (Å²) in [5, 5.41) is 21.5. The molecule has 0 amide bonds. The normalized spacial score (nSPS) is 20.0. The average Bonchev–Trinajstić information content (AvgIpc) is 3.93. The molecule has 10 nitrogen and oxygen atoms in total. The molecule has 2 saturated carbocycles. The van der Waals surface area contributed by atoms with Crippen molar-refractivity contribution in [1.82, 2.24) is 9.80 Å². The molecule has 5 aromatic rings. The zero-order chi connectivity index (χ0) is 52.0. The van der Waals surface area contributed by atoms with Gasteiger partial charge in [-0.3, -0.25) is 4.90 Å². The molecule has 2 fully saturated rings. The van der Waals surface area contributed by atoms with Gasteiger partial charge in [-0.05, 0) is 186 Å². The molecular formula is C63H88N2O8. The summed E-state index contributed by atoms with van der Waals surface area (Å²) in [6.45, 7) is 17.9. The fraction of sp³-hybridized carbons (Fsp3) is 0.556. The Morgan fingerprint density at radius 3 is 1.36 bits per heavy atom. The maximum absolute atomic E-state index is 10.7. The minimum absolute atomic E-state index is 0.129. The van der Waals surface area contributed by atoms with Gasteiger partial charge in [0.1, 0.15) is 60.9 Å². The molecule has 73 heavy (non-hydrogen) atoms. The first-order chi connectivity index (χ1) is 35.0. The summed E-state index contributed by atoms with van der Waals surface area (Å²) in [6, 6.07) is 38.5. The summed E-state index contributed by atoms with van der Waals surface area (Å²) in [7, 11) is 4.35. The van der Waals surface area contributed by atoms with Crippen molar-refractivity contribution >= 4 is 0 Å². The highest BCUT2D eigenvalue weighted by atomic mass is 16.5. The van der Waals surface area contributed by atoms with E-state index < -0.39 is 12.3 Å². The summed E-state index contributed by atoms with van der Waals surface area (Å²) in [4.78, 5) is 4.72. The van der Waals surface area contributed by atoms with E-state index in [2.05, 4.69) is 126 Å². The number of aliphatic hydroxyl groups excluding tert-OH is 2. The average molecular weight is 1000 g/mol. The Bertz CT molecular complexity index is 2310. The molecule has 3 atom stereocenters. The third-order valence-electron chi connectivity index (χ3n) is 16.3. The standard InChI is InChI=1S/C63H88N2O8/c1-45(2)40-71-57-30-18-50(19-31-57)63(6,7)52-22-34-59(35-23-52)73-42-55(66)41-72-58-32-20-51(21-33-58)62(4,5)49-16-28-56(29-17-49)70-38-36-46(3)64(8)53-24-12-47(13-25-53)39-48-14-26-54(27-15-48)65(9)61(67)44-68-43-60-11-10-37-69-60/h10-11,16-23,28-35,37,45-48,53-55,61,66-67H,12-15,24-27,36,38-44H2,1-9H3. The molecule has 7 rings (SSSR count). The van der Waals surface area contributed by atoms with E-state index in [1.54, 1.807) is 6.26 Å². The zero-order valence-electron chi connectivity index (χ0n) is 45.6. The lowest BCUT2D eigenvalue weighted by Crippen LogP contribution is -2.44. The first-order valence-electron chi connectivity index (χ1n) is 27.4. The summed E-state index contributed by atoms with van der Waals surface area (Å²) in [5.41, 5.74) is 4.35. The number of nitrogens with zero attached hydrogens (tertiary/aromatic N) is 2. The highest BCUT2D eigenvalue weighted by Crippen LogP contribution is 2.39. The Balaban J connectivity index is 0.757. The van der Waals surface area contributed by atoms with Crippen LogP contribution in [0.5, 0.6) is 23.0 Å². The quantitative estimate of drug-likeness (QED) is 0.0494. The zero-order valence-corrected chi connectivity index (χ0v) is 45.6. The van der Waals surface area contributed by atoms with Gasteiger partial charge in [-0.15, -0.1) is 0 Å². The largest absolute Gasteiger partial charge is 0.494 e. The Morgan fingerprint density at radius 2 is 0.945 bits per heavy atom. The summed E-state index contributed by atoms with van der Waals surface area (Å²) in [5.74, 6) is 6.12. The van der Waals surface area contributed by atoms with E-state index in [4.69, 9.17) is 28.1 Å². The minimum atomic E-state index is -0.783. The monoisotopic (exact) mass is 1000 g/mol. The fourth-order valence-corrected chi connectivity index (χ4v) is 10.9. The van der Waals surface area contributed by atoms with Crippen LogP contribution < -0.4 is 18.9 Å². The topological polar surface area (TPSA) is 106 Å². The Kier molecular flexibility index (Phi) is 20.4. The molecule has 2 aliphatic carbocycles. The summed E-state index contributed by atoms with van der Waals surface area (Å²) >= 11 is 0. The van der Waals surface area contributed by atoms with E-state index in [-0.39, 0.29) is 24.0 Å². The lowest BCUT2D eigenvalue weighted by molar-refractivity contribution is -0.0775. The van der Waals surface area contributed by atoms with Gasteiger partial charge in [0.15, 0.2) is 0 Å². The summed E-state index contributed by atoms with van der Waals surface area (Å²) < 4.78 is 35.2. The van der Waals surface area contributed by atoms with Gasteiger partial charge in [0, 0.05) is 29.0 Å². The molecule has 0 aliphatic heterocycles. The van der Waals surface area contributed by atoms with Crippen LogP contribution >= 0.6 is 0 Å². The van der Waals surface area contributed by atoms with E-state index in [0.29, 0.717) is 62.0 Å². The molecule has 0 saturated heterocycles. The maximum Gasteiger partial charge on any atom is 0.131 e. The van der Waals surface area contributed by atoms with Crippen molar-refractivity contribution < 1.29 is 38.3 Å². The van der Waals surface area contributed by atoms with Gasteiger partial charge in [-0.2, -0.15) is 0 Å². The van der Waals surface area contributed by atoms with E-state index in [1.807, 2.05) is 55.6 Å². The minimum Gasteiger partial charge on any atom is -0.494 e. The highest BCUT2D eigenvalue weighted by molar-refractivity contribution is 5.43. The van der Waals surface area contributed by atoms with Gasteiger partial charge in [0.2, 0.25) is 0 Å². The Morgan fingerprint density at radius 1 is 0.534 bits per heavy atom. The van der Waals surface area contributed by atoms with Crippen molar-refractivity contribution in [3.8, 4) is 23.0 Å². The Labute approximate surface area is 438 Å². The summed E-state index contributed by atoms with van der Waals surface area (Å²) in [6.07, 6.45) is 12.6. The lowest BCUT2D eigenvalue weighted by atomic mass is 9.75. The predicted octanol–water partition coefficient (Wildman–Crippen LogP) is 12.8. The lowest BCUT2D eigenvalue weighted by Gasteiger charge is -2.40. The number of hydrogen-bond acceptors (Lipinski definition) is 10. The molecule has 0 radical (unpaired) electrons. The van der Waals surface area contributed by atoms with Crippen LogP contribution in [-0.4, -0.2) is 97.6 Å². The fourth-order valence-electron chi connectivity index (χ4n) is 10.9. The van der Waals surface area contributed by atoms with Crippen LogP contribution in [0.4, 0.5) is 0 Å². The second-order valence-corrected chi connectivity index (χ2v) is 22.8. The number of ether oxygens (including phenoxy) is 5. The first kappa shape index (κ1) is 55.9. The van der Waals surface area contributed by atoms with Crippen LogP contribution in [0.3, 0.4) is 0 Å². The van der Waals surface area contributed by atoms with E-state index in [9.17, 15) is 10.2 Å². The number of aliphatic hydroxyl groups is 2. The second-order valence-electron chi connectivity index (χ2n) is 22.8. The van der Waals surface area contributed by atoms with Crippen LogP contribution in [-0.2, 0) is 22.2 Å². The van der Waals surface area contributed by atoms with E-state index in [1.165, 1.54) is 67.2 Å². The van der Waals surface area contributed by atoms with Gasteiger partial charge >= 0.3 is 0 Å². The molecule has 1 aromatic heterocycles. The van der Waals surface area contributed by atoms with Gasteiger partial charge in [-0.1, -0.05) is 90.1 Å². The van der Waals surface area contributed by atoms with Gasteiger partial charge in [-0.25, -0.2) is 0 Å². The molecule has 0 spiro atoms. The number of rotatable bonds is 27. The molecule has 0 bridgehead atoms. The third-order valence-corrected chi connectivity index (χ3v) is 16.3. The van der Waals surface area contributed by atoms with Gasteiger partial charge in [0.25, 0.3) is 0 Å². The van der Waals surface area contributed by atoms with Crippen molar-refractivity contribution in [2.24, 2.45) is 17.8 Å². The van der Waals surface area contributed by atoms with Gasteiger partial charge < -0.3 is 43.2 Å². The molecule has 2 N–H and O–H groups in total. The van der Waals surface area contributed by atoms with Crippen molar-refractivity contribution in [1.29, 1.82) is 0 Å². The molecule has 398 valence electrons. The number of benzene rings is 4. The highest BCUT2D eigenvalue weighted by Gasteiger charge is 2.32. The van der Waals surface area contributed by atoms with Crippen molar-refractivity contribution in [2.75, 3.05) is 47.1 Å². The smallest absolute Gasteiger partial charge is 0.131 e. The maximum atomic E-state index is 10.7. The molecule has 3 unspecified atom stereocenters. The second kappa shape index (κ2) is 26.6. The van der Waals surface area contributed by atoms with Gasteiger partial charge in [0.05, 0.1) is 26.1 Å². The van der Waals surface area contributed by atoms with Crippen molar-refractivity contribution in [3.05, 3.63) is 143 Å². The molecule has 2 aliphatic rings. The number of furan rings is 1. The predicted molar refractivity (Wildman–Crippen MR) is 293 cm³/mol. The third kappa shape index (κ3) is 16.1. The molecule has 4 aromatic carbocycles. The molecular weight excluding hydrogens is 913 g/mol. The van der Waals surface area contributed by atoms with Crippen LogP contribution in [0, 0.1) is 17.8 Å². The number of hydrogen-bond donors (Lipinski definition) is 2. The van der Waals surface area contributed by atoms with Crippen LogP contribution in [0.2, 0.25) is 0 Å². The van der Waals surface area contributed by atoms with E-state index in [0.717, 1.165) is 48.4 Å². The molecule has 1 heterocycles. The van der Waals surface area contributed by atoms with Crippen molar-refractivity contribution in [3.63, 3.8) is 0 Å². The van der Waals surface area contributed by atoms with Crippen LogP contribution in [0.25, 0.3) is 0 Å². The van der Waals surface area contributed by atoms with Crippen LogP contribution in [0.1, 0.15) is 141 Å². The first-order valence-corrected chi connectivity index (χ1v) is 27.4. The molecule has 10 heteroatoms. The van der Waals surface area contributed by atoms with Crippen molar-refractivity contribution in [2.45, 2.75) is 161 Å². The Hall–Kier alpha value is -4.84. The SMILES string of the molecule is CC(C)COc1ccc(C(C)(C)c2ccc(OCC(O)COc3ccc(C(C)(C)c4ccc(OCCC(C)N(C)C5CCC(CC6CCC(N(C)C(O)COCc7ccco7)CC6)CC5)cc4)cc3)cc2)cc1. The van der Waals surface area contributed by atoms with E-state index >= 15 is 0 Å². The number of likely N-dealkylation sites (N-methyl/N-ethyl adjacent to an activating group) is 1.